The van der Waals surface area contributed by atoms with Gasteiger partial charge in [0.2, 0.25) is 10.9 Å². The van der Waals surface area contributed by atoms with Crippen molar-refractivity contribution >= 4 is 34.1 Å². The molecule has 0 aromatic rings. The van der Waals surface area contributed by atoms with Crippen molar-refractivity contribution in [2.24, 2.45) is 5.92 Å². The summed E-state index contributed by atoms with van der Waals surface area (Å²) in [6.45, 7) is 3.70. The third-order valence-corrected chi connectivity index (χ3v) is 3.53. The molecule has 0 saturated carbocycles. The highest BCUT2D eigenvalue weighted by atomic mass is 35.5. The smallest absolute Gasteiger partial charge is 0.222 e. The Kier molecular flexibility index (Phi) is 3.86. The molecule has 0 heterocycles. The van der Waals surface area contributed by atoms with Gasteiger partial charge >= 0.3 is 0 Å². The van der Waals surface area contributed by atoms with E-state index >= 15 is 0 Å². The van der Waals surface area contributed by atoms with Crippen LogP contribution in [0.25, 0.3) is 0 Å². The lowest BCUT2D eigenvalue weighted by Crippen LogP contribution is -2.18. The molecule has 80 valence electrons. The molecule has 0 bridgehead atoms. The van der Waals surface area contributed by atoms with Gasteiger partial charge in [0.1, 0.15) is 0 Å². The van der Waals surface area contributed by atoms with Crippen molar-refractivity contribution in [2.75, 3.05) is 0 Å². The molecular formula is C8H11Cl2NO2S. The number of hydrogen-bond donors (Lipinski definition) is 2. The topological polar surface area (TPSA) is 46.2 Å². The van der Waals surface area contributed by atoms with Crippen molar-refractivity contribution in [3.63, 3.8) is 0 Å². The van der Waals surface area contributed by atoms with Crippen molar-refractivity contribution in [3.05, 3.63) is 21.3 Å². The van der Waals surface area contributed by atoms with Gasteiger partial charge in [0.25, 0.3) is 0 Å². The molecule has 0 aromatic carbocycles. The molecule has 1 atom stereocenters. The predicted octanol–water partition coefficient (Wildman–Crippen LogP) is 2.11. The third-order valence-electron chi connectivity index (χ3n) is 2.13. The third kappa shape index (κ3) is 2.43. The zero-order valence-electron chi connectivity index (χ0n) is 7.80. The van der Waals surface area contributed by atoms with Gasteiger partial charge < -0.3 is 0 Å². The van der Waals surface area contributed by atoms with E-state index in [0.29, 0.717) is 27.8 Å². The van der Waals surface area contributed by atoms with Crippen LogP contribution in [0.3, 0.4) is 0 Å². The SMILES string of the molecule is CC1=C(Cl)C(C)CC(Cl)=C1N[SH](=O)=O. The van der Waals surface area contributed by atoms with Gasteiger partial charge in [0, 0.05) is 10.1 Å². The van der Waals surface area contributed by atoms with Crippen LogP contribution in [0, 0.1) is 5.92 Å². The van der Waals surface area contributed by atoms with Crippen LogP contribution in [0.4, 0.5) is 0 Å². The first-order valence-corrected chi connectivity index (χ1v) is 6.03. The molecule has 1 rings (SSSR count). The second-order valence-corrected chi connectivity index (χ2v) is 4.83. The van der Waals surface area contributed by atoms with Crippen LogP contribution < -0.4 is 4.72 Å². The van der Waals surface area contributed by atoms with Crippen LogP contribution in [0.5, 0.6) is 0 Å². The Morgan fingerprint density at radius 3 is 2.50 bits per heavy atom. The fourth-order valence-corrected chi connectivity index (χ4v) is 2.53. The first-order chi connectivity index (χ1) is 6.43. The molecule has 0 aromatic heterocycles. The first kappa shape index (κ1) is 11.9. The molecule has 1 N–H and O–H groups in total. The minimum Gasteiger partial charge on any atom is -0.284 e. The van der Waals surface area contributed by atoms with Gasteiger partial charge in [-0.15, -0.1) is 0 Å². The molecule has 0 radical (unpaired) electrons. The van der Waals surface area contributed by atoms with Gasteiger partial charge in [-0.05, 0) is 24.8 Å². The van der Waals surface area contributed by atoms with Gasteiger partial charge in [-0.2, -0.15) is 0 Å². The molecule has 0 aliphatic heterocycles. The quantitative estimate of drug-likeness (QED) is 0.743. The molecule has 6 heteroatoms. The van der Waals surface area contributed by atoms with E-state index in [1.165, 1.54) is 0 Å². The van der Waals surface area contributed by atoms with Crippen LogP contribution >= 0.6 is 23.2 Å². The summed E-state index contributed by atoms with van der Waals surface area (Å²) in [6, 6.07) is 0. The van der Waals surface area contributed by atoms with Crippen LogP contribution in [-0.4, -0.2) is 8.42 Å². The van der Waals surface area contributed by atoms with Crippen LogP contribution in [0.1, 0.15) is 20.3 Å². The summed E-state index contributed by atoms with van der Waals surface area (Å²) in [6.07, 6.45) is 0.573. The summed E-state index contributed by atoms with van der Waals surface area (Å²) < 4.78 is 23.3. The van der Waals surface area contributed by atoms with E-state index in [1.54, 1.807) is 6.92 Å². The van der Waals surface area contributed by atoms with Gasteiger partial charge in [-0.1, -0.05) is 30.1 Å². The molecular weight excluding hydrogens is 245 g/mol. The molecule has 0 amide bonds. The zero-order valence-corrected chi connectivity index (χ0v) is 10.2. The van der Waals surface area contributed by atoms with E-state index in [-0.39, 0.29) is 5.92 Å². The average molecular weight is 256 g/mol. The highest BCUT2D eigenvalue weighted by molar-refractivity contribution is 7.70. The minimum atomic E-state index is -2.70. The lowest BCUT2D eigenvalue weighted by atomic mass is 9.96. The molecule has 0 fully saturated rings. The maximum atomic E-state index is 10.5. The summed E-state index contributed by atoms with van der Waals surface area (Å²) in [7, 11) is -2.70. The molecule has 14 heavy (non-hydrogen) atoms. The number of thiol groups is 1. The molecule has 1 aliphatic rings. The maximum Gasteiger partial charge on any atom is 0.222 e. The summed E-state index contributed by atoms with van der Waals surface area (Å²) in [5, 5.41) is 1.17. The number of hydrogen-bond acceptors (Lipinski definition) is 2. The van der Waals surface area contributed by atoms with E-state index in [9.17, 15) is 8.42 Å². The lowest BCUT2D eigenvalue weighted by Gasteiger charge is -2.22. The Balaban J connectivity index is 3.09. The van der Waals surface area contributed by atoms with E-state index in [4.69, 9.17) is 23.2 Å². The Hall–Kier alpha value is -0.190. The molecule has 1 aliphatic carbocycles. The van der Waals surface area contributed by atoms with Crippen LogP contribution in [0.2, 0.25) is 0 Å². The summed E-state index contributed by atoms with van der Waals surface area (Å²) in [5.74, 6) is 0.152. The van der Waals surface area contributed by atoms with E-state index in [2.05, 4.69) is 4.72 Å². The fourth-order valence-electron chi connectivity index (χ4n) is 1.39. The number of nitrogens with one attached hydrogen (secondary N) is 1. The molecule has 0 saturated heterocycles. The highest BCUT2D eigenvalue weighted by Crippen LogP contribution is 2.36. The van der Waals surface area contributed by atoms with Crippen molar-refractivity contribution in [1.82, 2.24) is 4.72 Å². The maximum absolute atomic E-state index is 10.5. The molecule has 0 spiro atoms. The van der Waals surface area contributed by atoms with Crippen molar-refractivity contribution in [3.8, 4) is 0 Å². The Labute approximate surface area is 94.9 Å². The fraction of sp³-hybridized carbons (Fsp3) is 0.500. The monoisotopic (exact) mass is 255 g/mol. The normalized spacial score (nSPS) is 23.4. The molecule has 1 unspecified atom stereocenters. The summed E-state index contributed by atoms with van der Waals surface area (Å²) in [5.41, 5.74) is 1.13. The standard InChI is InChI=1S/C8H11Cl2NO2S/c1-4-3-6(9)8(11-14(12)13)5(2)7(4)10/h4,14H,3H2,1-2H3,(H,11,12,13). The average Bonchev–Trinajstić information content (AvgIpc) is 2.09. The highest BCUT2D eigenvalue weighted by Gasteiger charge is 2.22. The Morgan fingerprint density at radius 2 is 2.00 bits per heavy atom. The van der Waals surface area contributed by atoms with Crippen molar-refractivity contribution in [2.45, 2.75) is 20.3 Å². The summed E-state index contributed by atoms with van der Waals surface area (Å²) in [4.78, 5) is 0. The number of halogens is 2. The second-order valence-electron chi connectivity index (χ2n) is 3.23. The van der Waals surface area contributed by atoms with E-state index in [1.807, 2.05) is 6.92 Å². The van der Waals surface area contributed by atoms with Crippen LogP contribution in [0.15, 0.2) is 21.3 Å². The zero-order chi connectivity index (χ0) is 10.9. The Bertz CT molecular complexity index is 377. The summed E-state index contributed by atoms with van der Waals surface area (Å²) >= 11 is 11.9. The van der Waals surface area contributed by atoms with Gasteiger partial charge in [-0.3, -0.25) is 4.72 Å². The number of rotatable bonds is 2. The minimum absolute atomic E-state index is 0.152. The van der Waals surface area contributed by atoms with Crippen molar-refractivity contribution < 1.29 is 8.42 Å². The van der Waals surface area contributed by atoms with E-state index in [0.717, 1.165) is 0 Å². The Morgan fingerprint density at radius 1 is 1.43 bits per heavy atom. The van der Waals surface area contributed by atoms with E-state index < -0.39 is 10.9 Å². The number of allylic oxidation sites excluding steroid dienone is 3. The molecule has 3 nitrogen and oxygen atoms in total. The lowest BCUT2D eigenvalue weighted by molar-refractivity contribution is 0.606. The van der Waals surface area contributed by atoms with Gasteiger partial charge in [-0.25, -0.2) is 8.42 Å². The van der Waals surface area contributed by atoms with Gasteiger partial charge in [0.15, 0.2) is 0 Å². The second kappa shape index (κ2) is 4.55. The first-order valence-electron chi connectivity index (χ1n) is 4.09. The predicted molar refractivity (Wildman–Crippen MR) is 58.7 cm³/mol. The largest absolute Gasteiger partial charge is 0.284 e. The van der Waals surface area contributed by atoms with Crippen LogP contribution in [-0.2, 0) is 10.9 Å². The van der Waals surface area contributed by atoms with Crippen molar-refractivity contribution in [1.29, 1.82) is 0 Å². The van der Waals surface area contributed by atoms with Gasteiger partial charge in [0.05, 0.1) is 5.70 Å².